The highest BCUT2D eigenvalue weighted by molar-refractivity contribution is 7.89. The Labute approximate surface area is 119 Å². The van der Waals surface area contributed by atoms with Crippen LogP contribution in [-0.4, -0.2) is 38.4 Å². The largest absolute Gasteiger partial charge is 0.465 e. The third kappa shape index (κ3) is 3.71. The summed E-state index contributed by atoms with van der Waals surface area (Å²) in [5, 5.41) is 0. The molecule has 6 nitrogen and oxygen atoms in total. The maximum atomic E-state index is 12.4. The number of ether oxygens (including phenoxy) is 1. The molecule has 1 aromatic rings. The van der Waals surface area contributed by atoms with Crippen molar-refractivity contribution in [1.29, 1.82) is 0 Å². The summed E-state index contributed by atoms with van der Waals surface area (Å²) in [5.41, 5.74) is 6.88. The van der Waals surface area contributed by atoms with Gasteiger partial charge in [0.25, 0.3) is 0 Å². The smallest absolute Gasteiger partial charge is 0.321 e. The lowest BCUT2D eigenvalue weighted by atomic mass is 10.2. The van der Waals surface area contributed by atoms with Crippen molar-refractivity contribution in [2.45, 2.75) is 25.7 Å². The number of nitrogens with zero attached hydrogens (tertiary/aromatic N) is 1. The Morgan fingerprint density at radius 1 is 1.35 bits per heavy atom. The molecule has 112 valence electrons. The normalized spacial score (nSPS) is 11.6. The number of anilines is 1. The molecule has 0 aliphatic rings. The maximum Gasteiger partial charge on any atom is 0.321 e. The highest BCUT2D eigenvalue weighted by atomic mass is 32.2. The summed E-state index contributed by atoms with van der Waals surface area (Å²) in [7, 11) is -3.73. The minimum Gasteiger partial charge on any atom is -0.465 e. The molecule has 0 bridgehead atoms. The zero-order chi connectivity index (χ0) is 15.3. The first-order chi connectivity index (χ1) is 9.32. The first-order valence-corrected chi connectivity index (χ1v) is 7.78. The van der Waals surface area contributed by atoms with Crippen molar-refractivity contribution in [3.05, 3.63) is 23.8 Å². The molecule has 20 heavy (non-hydrogen) atoms. The van der Waals surface area contributed by atoms with Gasteiger partial charge in [-0.3, -0.25) is 4.79 Å². The van der Waals surface area contributed by atoms with Gasteiger partial charge in [-0.05, 0) is 37.6 Å². The minimum atomic E-state index is -3.73. The van der Waals surface area contributed by atoms with Crippen LogP contribution in [0.4, 0.5) is 5.69 Å². The number of likely N-dealkylation sites (N-methyl/N-ethyl adjacent to an activating group) is 1. The van der Waals surface area contributed by atoms with Crippen LogP contribution in [0.25, 0.3) is 0 Å². The first kappa shape index (κ1) is 16.5. The number of carbonyl (C=O) groups is 1. The van der Waals surface area contributed by atoms with Gasteiger partial charge >= 0.3 is 5.97 Å². The summed E-state index contributed by atoms with van der Waals surface area (Å²) < 4.78 is 30.8. The highest BCUT2D eigenvalue weighted by Crippen LogP contribution is 2.20. The summed E-state index contributed by atoms with van der Waals surface area (Å²) in [6, 6.07) is 4.48. The number of rotatable bonds is 6. The van der Waals surface area contributed by atoms with Gasteiger partial charge in [-0.15, -0.1) is 0 Å². The SMILES string of the molecule is CCOC(=O)CN(CC)S(=O)(=O)c1ccc(N)c(C)c1. The van der Waals surface area contributed by atoms with E-state index in [0.29, 0.717) is 11.3 Å². The van der Waals surface area contributed by atoms with Crippen LogP contribution in [-0.2, 0) is 19.6 Å². The summed E-state index contributed by atoms with van der Waals surface area (Å²) >= 11 is 0. The fourth-order valence-electron chi connectivity index (χ4n) is 1.68. The molecule has 0 amide bonds. The molecular formula is C13H20N2O4S. The molecule has 2 N–H and O–H groups in total. The number of nitrogen functional groups attached to an aromatic ring is 1. The van der Waals surface area contributed by atoms with E-state index in [2.05, 4.69) is 0 Å². The van der Waals surface area contributed by atoms with Gasteiger partial charge in [0.1, 0.15) is 6.54 Å². The summed E-state index contributed by atoms with van der Waals surface area (Å²) in [5.74, 6) is -0.565. The van der Waals surface area contributed by atoms with Crippen LogP contribution in [0.1, 0.15) is 19.4 Å². The Balaban J connectivity index is 3.05. The lowest BCUT2D eigenvalue weighted by molar-refractivity contribution is -0.143. The third-order valence-corrected chi connectivity index (χ3v) is 4.76. The zero-order valence-corrected chi connectivity index (χ0v) is 12.7. The van der Waals surface area contributed by atoms with Gasteiger partial charge in [0, 0.05) is 12.2 Å². The summed E-state index contributed by atoms with van der Waals surface area (Å²) in [6.45, 7) is 5.18. The Morgan fingerprint density at radius 3 is 2.50 bits per heavy atom. The molecular weight excluding hydrogens is 280 g/mol. The molecule has 0 aliphatic heterocycles. The Morgan fingerprint density at radius 2 is 2.00 bits per heavy atom. The second-order valence-electron chi connectivity index (χ2n) is 4.25. The van der Waals surface area contributed by atoms with E-state index in [0.717, 1.165) is 4.31 Å². The summed E-state index contributed by atoms with van der Waals surface area (Å²) in [6.07, 6.45) is 0. The van der Waals surface area contributed by atoms with Crippen molar-refractivity contribution in [2.75, 3.05) is 25.4 Å². The number of sulfonamides is 1. The first-order valence-electron chi connectivity index (χ1n) is 6.34. The molecule has 0 unspecified atom stereocenters. The van der Waals surface area contributed by atoms with Crippen molar-refractivity contribution in [1.82, 2.24) is 4.31 Å². The quantitative estimate of drug-likeness (QED) is 0.629. The molecule has 0 radical (unpaired) electrons. The number of benzene rings is 1. The van der Waals surface area contributed by atoms with E-state index in [4.69, 9.17) is 10.5 Å². The topological polar surface area (TPSA) is 89.7 Å². The van der Waals surface area contributed by atoms with Crippen molar-refractivity contribution >= 4 is 21.7 Å². The van der Waals surface area contributed by atoms with Gasteiger partial charge in [0.15, 0.2) is 0 Å². The predicted octanol–water partition coefficient (Wildman–Crippen LogP) is 1.15. The number of carbonyl (C=O) groups excluding carboxylic acids is 1. The fraction of sp³-hybridized carbons (Fsp3) is 0.462. The Bertz CT molecular complexity index is 584. The molecule has 1 rings (SSSR count). The molecule has 0 atom stereocenters. The average Bonchev–Trinajstić information content (AvgIpc) is 2.39. The fourth-order valence-corrected chi connectivity index (χ4v) is 3.15. The molecule has 7 heteroatoms. The van der Waals surface area contributed by atoms with E-state index >= 15 is 0 Å². The lowest BCUT2D eigenvalue weighted by Gasteiger charge is -2.20. The molecule has 0 aromatic heterocycles. The standard InChI is InChI=1S/C13H20N2O4S/c1-4-15(9-13(16)19-5-2)20(17,18)11-6-7-12(14)10(3)8-11/h6-8H,4-5,9,14H2,1-3H3. The molecule has 0 fully saturated rings. The van der Waals surface area contributed by atoms with Gasteiger partial charge in [0.05, 0.1) is 11.5 Å². The number of hydrogen-bond acceptors (Lipinski definition) is 5. The van der Waals surface area contributed by atoms with Gasteiger partial charge in [0.2, 0.25) is 10.0 Å². The van der Waals surface area contributed by atoms with E-state index < -0.39 is 16.0 Å². The van der Waals surface area contributed by atoms with E-state index in [-0.39, 0.29) is 24.6 Å². The number of esters is 1. The lowest BCUT2D eigenvalue weighted by Crippen LogP contribution is -2.36. The Hall–Kier alpha value is -1.60. The van der Waals surface area contributed by atoms with Gasteiger partial charge < -0.3 is 10.5 Å². The van der Waals surface area contributed by atoms with Crippen LogP contribution < -0.4 is 5.73 Å². The molecule has 0 aliphatic carbocycles. The van der Waals surface area contributed by atoms with Crippen LogP contribution >= 0.6 is 0 Å². The van der Waals surface area contributed by atoms with E-state index in [1.807, 2.05) is 0 Å². The highest BCUT2D eigenvalue weighted by Gasteiger charge is 2.26. The predicted molar refractivity (Wildman–Crippen MR) is 76.7 cm³/mol. The van der Waals surface area contributed by atoms with E-state index in [1.165, 1.54) is 12.1 Å². The molecule has 0 saturated carbocycles. The minimum absolute atomic E-state index is 0.121. The van der Waals surface area contributed by atoms with Crippen LogP contribution in [0, 0.1) is 6.92 Å². The van der Waals surface area contributed by atoms with Crippen LogP contribution in [0.2, 0.25) is 0 Å². The van der Waals surface area contributed by atoms with Crippen molar-refractivity contribution in [2.24, 2.45) is 0 Å². The second kappa shape index (κ2) is 6.71. The van der Waals surface area contributed by atoms with Crippen molar-refractivity contribution in [3.8, 4) is 0 Å². The van der Waals surface area contributed by atoms with Crippen molar-refractivity contribution in [3.63, 3.8) is 0 Å². The average molecular weight is 300 g/mol. The number of hydrogen-bond donors (Lipinski definition) is 1. The molecule has 0 spiro atoms. The van der Waals surface area contributed by atoms with E-state index in [9.17, 15) is 13.2 Å². The molecule has 0 saturated heterocycles. The van der Waals surface area contributed by atoms with Crippen LogP contribution in [0.3, 0.4) is 0 Å². The van der Waals surface area contributed by atoms with Gasteiger partial charge in [-0.25, -0.2) is 8.42 Å². The molecule has 0 heterocycles. The summed E-state index contributed by atoms with van der Waals surface area (Å²) in [4.78, 5) is 11.6. The van der Waals surface area contributed by atoms with Crippen LogP contribution in [0.5, 0.6) is 0 Å². The van der Waals surface area contributed by atoms with Gasteiger partial charge in [-0.2, -0.15) is 4.31 Å². The maximum absolute atomic E-state index is 12.4. The zero-order valence-electron chi connectivity index (χ0n) is 11.9. The van der Waals surface area contributed by atoms with Gasteiger partial charge in [-0.1, -0.05) is 6.92 Å². The second-order valence-corrected chi connectivity index (χ2v) is 6.19. The van der Waals surface area contributed by atoms with Crippen molar-refractivity contribution < 1.29 is 17.9 Å². The Kier molecular flexibility index (Phi) is 5.52. The van der Waals surface area contributed by atoms with E-state index in [1.54, 1.807) is 26.8 Å². The molecule has 1 aromatic carbocycles. The third-order valence-electron chi connectivity index (χ3n) is 2.84. The van der Waals surface area contributed by atoms with Crippen LogP contribution in [0.15, 0.2) is 23.1 Å². The number of nitrogens with two attached hydrogens (primary N) is 1. The monoisotopic (exact) mass is 300 g/mol. The number of aryl methyl sites for hydroxylation is 1.